The van der Waals surface area contributed by atoms with Gasteiger partial charge >= 0.3 is 0 Å². The number of rotatable bonds is 4. The van der Waals surface area contributed by atoms with Crippen LogP contribution in [0.2, 0.25) is 0 Å². The van der Waals surface area contributed by atoms with Crippen LogP contribution >= 0.6 is 0 Å². The summed E-state index contributed by atoms with van der Waals surface area (Å²) in [5, 5.41) is 1.88. The van der Waals surface area contributed by atoms with Gasteiger partial charge in [-0.1, -0.05) is 30.3 Å². The molecule has 0 aliphatic rings. The van der Waals surface area contributed by atoms with Gasteiger partial charge in [-0.3, -0.25) is 9.78 Å². The van der Waals surface area contributed by atoms with E-state index in [1.807, 2.05) is 49.4 Å². The van der Waals surface area contributed by atoms with E-state index in [-0.39, 0.29) is 5.78 Å². The van der Waals surface area contributed by atoms with Gasteiger partial charge in [0.2, 0.25) is 0 Å². The van der Waals surface area contributed by atoms with Crippen LogP contribution in [0.5, 0.6) is 5.75 Å². The van der Waals surface area contributed by atoms with E-state index >= 15 is 0 Å². The Labute approximate surface area is 123 Å². The summed E-state index contributed by atoms with van der Waals surface area (Å²) in [5.74, 6) is 0.707. The van der Waals surface area contributed by atoms with E-state index in [4.69, 9.17) is 4.74 Å². The number of ether oxygens (including phenoxy) is 1. The first-order chi connectivity index (χ1) is 10.3. The van der Waals surface area contributed by atoms with Crippen molar-refractivity contribution in [3.05, 3.63) is 72.1 Å². The molecule has 104 valence electrons. The fourth-order valence-corrected chi connectivity index (χ4v) is 2.37. The Kier molecular flexibility index (Phi) is 3.65. The average Bonchev–Trinajstić information content (AvgIpc) is 2.54. The molecule has 0 bridgehead atoms. The Morgan fingerprint density at radius 1 is 1.14 bits per heavy atom. The van der Waals surface area contributed by atoms with Crippen molar-refractivity contribution in [3.63, 3.8) is 0 Å². The number of ketones is 1. The maximum Gasteiger partial charge on any atom is 0.193 e. The lowest BCUT2D eigenvalue weighted by Crippen LogP contribution is -2.03. The van der Waals surface area contributed by atoms with Crippen LogP contribution in [0.4, 0.5) is 0 Å². The monoisotopic (exact) mass is 277 g/mol. The van der Waals surface area contributed by atoms with Crippen molar-refractivity contribution in [2.24, 2.45) is 0 Å². The number of hydrogen-bond donors (Lipinski definition) is 0. The molecule has 3 rings (SSSR count). The van der Waals surface area contributed by atoms with Gasteiger partial charge in [-0.05, 0) is 30.5 Å². The van der Waals surface area contributed by atoms with Crippen molar-refractivity contribution in [1.82, 2.24) is 4.98 Å². The van der Waals surface area contributed by atoms with Crippen molar-refractivity contribution >= 4 is 16.6 Å². The third-order valence-corrected chi connectivity index (χ3v) is 3.33. The summed E-state index contributed by atoms with van der Waals surface area (Å²) in [6.45, 7) is 2.50. The van der Waals surface area contributed by atoms with Crippen LogP contribution in [0, 0.1) is 0 Å². The van der Waals surface area contributed by atoms with Gasteiger partial charge in [0, 0.05) is 28.9 Å². The molecule has 3 nitrogen and oxygen atoms in total. The molecule has 0 atom stereocenters. The van der Waals surface area contributed by atoms with Gasteiger partial charge in [0.05, 0.1) is 6.61 Å². The van der Waals surface area contributed by atoms with Gasteiger partial charge in [0.15, 0.2) is 5.78 Å². The summed E-state index contributed by atoms with van der Waals surface area (Å²) in [4.78, 5) is 16.8. The fourth-order valence-electron chi connectivity index (χ4n) is 2.37. The van der Waals surface area contributed by atoms with Gasteiger partial charge in [-0.2, -0.15) is 0 Å². The predicted octanol–water partition coefficient (Wildman–Crippen LogP) is 3.86. The van der Waals surface area contributed by atoms with Crippen molar-refractivity contribution in [1.29, 1.82) is 0 Å². The van der Waals surface area contributed by atoms with E-state index in [1.165, 1.54) is 0 Å². The summed E-state index contributed by atoms with van der Waals surface area (Å²) >= 11 is 0. The molecule has 0 fully saturated rings. The fraction of sp³-hybridized carbons (Fsp3) is 0.111. The molecule has 0 N–H and O–H groups in total. The summed E-state index contributed by atoms with van der Waals surface area (Å²) in [6, 6.07) is 14.8. The Balaban J connectivity index is 2.06. The maximum absolute atomic E-state index is 12.7. The van der Waals surface area contributed by atoms with Gasteiger partial charge in [0.25, 0.3) is 0 Å². The summed E-state index contributed by atoms with van der Waals surface area (Å²) in [6.07, 6.45) is 3.47. The number of nitrogens with zero attached hydrogens (tertiary/aromatic N) is 1. The maximum atomic E-state index is 12.7. The number of carbonyl (C=O) groups is 1. The van der Waals surface area contributed by atoms with Crippen LogP contribution in [-0.2, 0) is 0 Å². The van der Waals surface area contributed by atoms with Crippen LogP contribution in [0.3, 0.4) is 0 Å². The molecule has 2 aromatic carbocycles. The molecule has 0 aliphatic heterocycles. The third-order valence-electron chi connectivity index (χ3n) is 3.33. The molecule has 0 radical (unpaired) electrons. The van der Waals surface area contributed by atoms with Crippen molar-refractivity contribution < 1.29 is 9.53 Å². The molecule has 0 spiro atoms. The van der Waals surface area contributed by atoms with E-state index < -0.39 is 0 Å². The highest BCUT2D eigenvalue weighted by Crippen LogP contribution is 2.22. The standard InChI is InChI=1S/C18H15NO2/c1-2-21-15-7-3-5-13(11-15)18(20)17-8-4-6-14-12-19-10-9-16(14)17/h3-12H,2H2,1H3. The molecule has 0 unspecified atom stereocenters. The van der Waals surface area contributed by atoms with E-state index in [0.29, 0.717) is 23.5 Å². The highest BCUT2D eigenvalue weighted by atomic mass is 16.5. The minimum absolute atomic E-state index is 0.00615. The zero-order valence-corrected chi connectivity index (χ0v) is 11.7. The molecule has 0 amide bonds. The highest BCUT2D eigenvalue weighted by Gasteiger charge is 2.13. The Morgan fingerprint density at radius 2 is 2.00 bits per heavy atom. The SMILES string of the molecule is CCOc1cccc(C(=O)c2cccc3cnccc23)c1. The van der Waals surface area contributed by atoms with E-state index in [2.05, 4.69) is 4.98 Å². The van der Waals surface area contributed by atoms with E-state index in [0.717, 1.165) is 10.8 Å². The van der Waals surface area contributed by atoms with Crippen molar-refractivity contribution in [2.75, 3.05) is 6.61 Å². The summed E-state index contributed by atoms with van der Waals surface area (Å²) in [7, 11) is 0. The number of benzene rings is 2. The lowest BCUT2D eigenvalue weighted by molar-refractivity contribution is 0.104. The first-order valence-corrected chi connectivity index (χ1v) is 6.90. The third kappa shape index (κ3) is 2.63. The lowest BCUT2D eigenvalue weighted by atomic mass is 9.98. The van der Waals surface area contributed by atoms with Crippen LogP contribution in [0.25, 0.3) is 10.8 Å². The van der Waals surface area contributed by atoms with Crippen LogP contribution in [0.15, 0.2) is 60.9 Å². The lowest BCUT2D eigenvalue weighted by Gasteiger charge is -2.07. The second kappa shape index (κ2) is 5.75. The molecular weight excluding hydrogens is 262 g/mol. The summed E-state index contributed by atoms with van der Waals surface area (Å²) in [5.41, 5.74) is 1.31. The van der Waals surface area contributed by atoms with Gasteiger partial charge in [0.1, 0.15) is 5.75 Å². The molecule has 0 saturated carbocycles. The smallest absolute Gasteiger partial charge is 0.193 e. The van der Waals surface area contributed by atoms with Gasteiger partial charge in [-0.15, -0.1) is 0 Å². The average molecular weight is 277 g/mol. The number of aromatic nitrogens is 1. The topological polar surface area (TPSA) is 39.2 Å². The van der Waals surface area contributed by atoms with E-state index in [9.17, 15) is 4.79 Å². The molecule has 0 aliphatic carbocycles. The highest BCUT2D eigenvalue weighted by molar-refractivity contribution is 6.16. The van der Waals surface area contributed by atoms with Gasteiger partial charge < -0.3 is 4.74 Å². The molecular formula is C18H15NO2. The molecule has 1 aromatic heterocycles. The number of pyridine rings is 1. The van der Waals surface area contributed by atoms with Crippen molar-refractivity contribution in [3.8, 4) is 5.75 Å². The quantitative estimate of drug-likeness (QED) is 0.680. The molecule has 3 aromatic rings. The molecule has 1 heterocycles. The van der Waals surface area contributed by atoms with E-state index in [1.54, 1.807) is 18.5 Å². The van der Waals surface area contributed by atoms with Crippen molar-refractivity contribution in [2.45, 2.75) is 6.92 Å². The number of fused-ring (bicyclic) bond motifs is 1. The minimum atomic E-state index is -0.00615. The number of carbonyl (C=O) groups excluding carboxylic acids is 1. The molecule has 0 saturated heterocycles. The first kappa shape index (κ1) is 13.3. The predicted molar refractivity (Wildman–Crippen MR) is 82.8 cm³/mol. The first-order valence-electron chi connectivity index (χ1n) is 6.90. The molecule has 3 heteroatoms. The normalized spacial score (nSPS) is 10.5. The largest absolute Gasteiger partial charge is 0.494 e. The summed E-state index contributed by atoms with van der Waals surface area (Å²) < 4.78 is 5.46. The number of hydrogen-bond acceptors (Lipinski definition) is 3. The minimum Gasteiger partial charge on any atom is -0.494 e. The zero-order chi connectivity index (χ0) is 14.7. The van der Waals surface area contributed by atoms with Crippen LogP contribution in [0.1, 0.15) is 22.8 Å². The van der Waals surface area contributed by atoms with Gasteiger partial charge in [-0.25, -0.2) is 0 Å². The zero-order valence-electron chi connectivity index (χ0n) is 11.7. The molecule has 21 heavy (non-hydrogen) atoms. The van der Waals surface area contributed by atoms with Crippen LogP contribution in [-0.4, -0.2) is 17.4 Å². The van der Waals surface area contributed by atoms with Crippen LogP contribution < -0.4 is 4.74 Å². The second-order valence-electron chi connectivity index (χ2n) is 4.69. The Hall–Kier alpha value is -2.68. The Bertz CT molecular complexity index is 791. The Morgan fingerprint density at radius 3 is 2.86 bits per heavy atom. The second-order valence-corrected chi connectivity index (χ2v) is 4.69.